The van der Waals surface area contributed by atoms with Gasteiger partial charge in [0.15, 0.2) is 0 Å². The van der Waals surface area contributed by atoms with E-state index in [0.29, 0.717) is 19.3 Å². The van der Waals surface area contributed by atoms with Gasteiger partial charge < -0.3 is 9.66 Å². The molecule has 0 aromatic heterocycles. The van der Waals surface area contributed by atoms with Crippen molar-refractivity contribution in [1.29, 1.82) is 0 Å². The summed E-state index contributed by atoms with van der Waals surface area (Å²) in [5.74, 6) is -0.394. The molecular weight excluding hydrogens is 240 g/mol. The minimum Gasteiger partial charge on any atom is -0.748 e. The lowest BCUT2D eigenvalue weighted by Gasteiger charge is -2.29. The summed E-state index contributed by atoms with van der Waals surface area (Å²) in [5.41, 5.74) is 1.56. The van der Waals surface area contributed by atoms with Crippen molar-refractivity contribution >= 4 is 10.1 Å². The summed E-state index contributed by atoms with van der Waals surface area (Å²) in [6.07, 6.45) is 1.47. The van der Waals surface area contributed by atoms with Gasteiger partial charge in [0, 0.05) is 12.4 Å². The minimum atomic E-state index is -4.27. The molecule has 0 fully saturated rings. The lowest BCUT2D eigenvalue weighted by Crippen LogP contribution is -2.32. The van der Waals surface area contributed by atoms with Crippen molar-refractivity contribution in [2.45, 2.75) is 19.3 Å². The summed E-state index contributed by atoms with van der Waals surface area (Å²) in [7, 11) is -4.27. The first-order valence-corrected chi connectivity index (χ1v) is 7.13. The lowest BCUT2D eigenvalue weighted by molar-refractivity contribution is 0.204. The molecule has 17 heavy (non-hydrogen) atoms. The Hall–Kier alpha value is -0.910. The van der Waals surface area contributed by atoms with Crippen LogP contribution < -0.4 is 0 Å². The van der Waals surface area contributed by atoms with Crippen molar-refractivity contribution in [3.8, 4) is 0 Å². The van der Waals surface area contributed by atoms with Crippen molar-refractivity contribution in [2.24, 2.45) is 5.41 Å². The number of hydrogen-bond donors (Lipinski definition) is 1. The standard InChI is InChI=1S/C12H16O4S/c13-6-5-12(9-17(14,15)16)7-10-3-1-2-4-11(10)8-12/h1-4,13H,5-9H2,(H,14,15,16)/p-1. The van der Waals surface area contributed by atoms with E-state index in [4.69, 9.17) is 5.11 Å². The fourth-order valence-electron chi connectivity index (χ4n) is 2.74. The second-order valence-corrected chi connectivity index (χ2v) is 6.20. The quantitative estimate of drug-likeness (QED) is 0.803. The van der Waals surface area contributed by atoms with Crippen LogP contribution in [-0.2, 0) is 23.0 Å². The molecule has 1 aliphatic rings. The molecule has 4 nitrogen and oxygen atoms in total. The Kier molecular flexibility index (Phi) is 3.25. The van der Waals surface area contributed by atoms with E-state index in [0.717, 1.165) is 11.1 Å². The Morgan fingerprint density at radius 3 is 2.18 bits per heavy atom. The number of aliphatic hydroxyl groups is 1. The summed E-state index contributed by atoms with van der Waals surface area (Å²) in [6.45, 7) is -0.0937. The second kappa shape index (κ2) is 4.40. The van der Waals surface area contributed by atoms with Gasteiger partial charge in [-0.1, -0.05) is 24.3 Å². The average Bonchev–Trinajstić information content (AvgIpc) is 2.52. The number of benzene rings is 1. The maximum Gasteiger partial charge on any atom is 0.0951 e. The van der Waals surface area contributed by atoms with Crippen molar-refractivity contribution in [3.05, 3.63) is 35.4 Å². The van der Waals surface area contributed by atoms with Crippen molar-refractivity contribution in [2.75, 3.05) is 12.4 Å². The van der Waals surface area contributed by atoms with Gasteiger partial charge in [-0.05, 0) is 35.8 Å². The first-order valence-electron chi connectivity index (χ1n) is 5.55. The van der Waals surface area contributed by atoms with Gasteiger partial charge in [0.1, 0.15) is 0 Å². The van der Waals surface area contributed by atoms with E-state index >= 15 is 0 Å². The van der Waals surface area contributed by atoms with E-state index in [1.54, 1.807) is 0 Å². The van der Waals surface area contributed by atoms with Crippen LogP contribution in [-0.4, -0.2) is 30.4 Å². The summed E-state index contributed by atoms with van der Waals surface area (Å²) in [5, 5.41) is 9.07. The first-order chi connectivity index (χ1) is 7.94. The van der Waals surface area contributed by atoms with E-state index in [1.807, 2.05) is 24.3 Å². The Morgan fingerprint density at radius 2 is 1.76 bits per heavy atom. The van der Waals surface area contributed by atoms with Gasteiger partial charge >= 0.3 is 0 Å². The SMILES string of the molecule is O=S(=O)([O-])CC1(CCO)Cc2ccccc2C1. The predicted octanol–water partition coefficient (Wildman–Crippen LogP) is 0.699. The number of aliphatic hydroxyl groups excluding tert-OH is 1. The zero-order chi connectivity index (χ0) is 12.5. The summed E-state index contributed by atoms with van der Waals surface area (Å²) >= 11 is 0. The maximum atomic E-state index is 11.0. The van der Waals surface area contributed by atoms with E-state index in [2.05, 4.69) is 0 Å². The van der Waals surface area contributed by atoms with Crippen LogP contribution in [0, 0.1) is 5.41 Å². The third-order valence-corrected chi connectivity index (χ3v) is 4.34. The maximum absolute atomic E-state index is 11.0. The van der Waals surface area contributed by atoms with Gasteiger partial charge in [0.05, 0.1) is 10.1 Å². The molecule has 5 heteroatoms. The first kappa shape index (κ1) is 12.5. The largest absolute Gasteiger partial charge is 0.748 e. The van der Waals surface area contributed by atoms with Gasteiger partial charge in [0.25, 0.3) is 0 Å². The number of hydrogen-bond acceptors (Lipinski definition) is 4. The molecule has 0 unspecified atom stereocenters. The number of fused-ring (bicyclic) bond motifs is 1. The highest BCUT2D eigenvalue weighted by atomic mass is 32.2. The Bertz CT molecular complexity index is 482. The molecule has 94 valence electrons. The van der Waals surface area contributed by atoms with Gasteiger partial charge in [-0.3, -0.25) is 0 Å². The van der Waals surface area contributed by atoms with E-state index in [-0.39, 0.29) is 6.61 Å². The Labute approximate surface area is 101 Å². The molecule has 0 amide bonds. The molecular formula is C12H15O4S-. The third kappa shape index (κ3) is 2.86. The second-order valence-electron chi connectivity index (χ2n) is 4.80. The van der Waals surface area contributed by atoms with Crippen LogP contribution in [0.3, 0.4) is 0 Å². The fraction of sp³-hybridized carbons (Fsp3) is 0.500. The van der Waals surface area contributed by atoms with Crippen LogP contribution in [0.4, 0.5) is 0 Å². The topological polar surface area (TPSA) is 77.4 Å². The minimum absolute atomic E-state index is 0.0937. The molecule has 0 spiro atoms. The van der Waals surface area contributed by atoms with E-state index < -0.39 is 21.3 Å². The predicted molar refractivity (Wildman–Crippen MR) is 62.6 cm³/mol. The van der Waals surface area contributed by atoms with Crippen LogP contribution in [0.15, 0.2) is 24.3 Å². The molecule has 1 aromatic carbocycles. The molecule has 0 heterocycles. The molecule has 0 bridgehead atoms. The number of rotatable bonds is 4. The molecule has 1 aliphatic carbocycles. The van der Waals surface area contributed by atoms with E-state index in [9.17, 15) is 13.0 Å². The van der Waals surface area contributed by atoms with Gasteiger partial charge in [0.2, 0.25) is 0 Å². The summed E-state index contributed by atoms with van der Waals surface area (Å²) in [6, 6.07) is 7.71. The molecule has 0 saturated heterocycles. The molecule has 0 saturated carbocycles. The highest BCUT2D eigenvalue weighted by molar-refractivity contribution is 7.85. The monoisotopic (exact) mass is 255 g/mol. The molecule has 2 rings (SSSR count). The molecule has 0 aliphatic heterocycles. The van der Waals surface area contributed by atoms with Crippen molar-refractivity contribution in [1.82, 2.24) is 0 Å². The van der Waals surface area contributed by atoms with Gasteiger partial charge in [-0.15, -0.1) is 0 Å². The zero-order valence-corrected chi connectivity index (χ0v) is 10.2. The smallest absolute Gasteiger partial charge is 0.0951 e. The lowest BCUT2D eigenvalue weighted by atomic mass is 9.84. The van der Waals surface area contributed by atoms with E-state index in [1.165, 1.54) is 0 Å². The molecule has 1 N–H and O–H groups in total. The zero-order valence-electron chi connectivity index (χ0n) is 9.43. The normalized spacial score (nSPS) is 18.0. The summed E-state index contributed by atoms with van der Waals surface area (Å²) in [4.78, 5) is 0. The average molecular weight is 255 g/mol. The van der Waals surface area contributed by atoms with Gasteiger partial charge in [-0.25, -0.2) is 8.42 Å². The molecule has 0 radical (unpaired) electrons. The van der Waals surface area contributed by atoms with Crippen molar-refractivity contribution in [3.63, 3.8) is 0 Å². The Balaban J connectivity index is 2.29. The molecule has 1 aromatic rings. The highest BCUT2D eigenvalue weighted by Crippen LogP contribution is 2.40. The van der Waals surface area contributed by atoms with Crippen LogP contribution in [0.1, 0.15) is 17.5 Å². The van der Waals surface area contributed by atoms with Crippen LogP contribution in [0.25, 0.3) is 0 Å². The summed E-state index contributed by atoms with van der Waals surface area (Å²) < 4.78 is 32.9. The third-order valence-electron chi connectivity index (χ3n) is 3.37. The van der Waals surface area contributed by atoms with Crippen LogP contribution >= 0.6 is 0 Å². The fourth-order valence-corrected chi connectivity index (χ4v) is 3.83. The van der Waals surface area contributed by atoms with Gasteiger partial charge in [-0.2, -0.15) is 0 Å². The Morgan fingerprint density at radius 1 is 1.24 bits per heavy atom. The van der Waals surface area contributed by atoms with Crippen molar-refractivity contribution < 1.29 is 18.1 Å². The highest BCUT2D eigenvalue weighted by Gasteiger charge is 2.38. The van der Waals surface area contributed by atoms with Crippen LogP contribution in [0.2, 0.25) is 0 Å². The van der Waals surface area contributed by atoms with Crippen LogP contribution in [0.5, 0.6) is 0 Å². The molecule has 0 atom stereocenters.